The SMILES string of the molecule is CN(C)c1ccc(-c2nc3c(Cl)cccn3c2N)cc1. The maximum Gasteiger partial charge on any atom is 0.157 e. The molecule has 2 aromatic heterocycles. The number of nitrogens with two attached hydrogens (primary N) is 1. The van der Waals surface area contributed by atoms with Gasteiger partial charge in [0.25, 0.3) is 0 Å². The van der Waals surface area contributed by atoms with Crippen molar-refractivity contribution >= 4 is 28.8 Å². The Morgan fingerprint density at radius 3 is 2.45 bits per heavy atom. The van der Waals surface area contributed by atoms with Crippen molar-refractivity contribution in [1.82, 2.24) is 9.38 Å². The molecule has 0 atom stereocenters. The molecule has 0 aliphatic rings. The van der Waals surface area contributed by atoms with Crippen molar-refractivity contribution in [2.24, 2.45) is 0 Å². The number of pyridine rings is 1. The smallest absolute Gasteiger partial charge is 0.157 e. The summed E-state index contributed by atoms with van der Waals surface area (Å²) in [4.78, 5) is 6.60. The van der Waals surface area contributed by atoms with Gasteiger partial charge in [-0.1, -0.05) is 23.7 Å². The van der Waals surface area contributed by atoms with Gasteiger partial charge in [0.1, 0.15) is 11.5 Å². The van der Waals surface area contributed by atoms with Gasteiger partial charge in [-0.05, 0) is 24.3 Å². The summed E-state index contributed by atoms with van der Waals surface area (Å²) in [6, 6.07) is 11.8. The van der Waals surface area contributed by atoms with Gasteiger partial charge in [0.15, 0.2) is 5.65 Å². The summed E-state index contributed by atoms with van der Waals surface area (Å²) in [6.45, 7) is 0. The zero-order valence-electron chi connectivity index (χ0n) is 11.3. The van der Waals surface area contributed by atoms with Gasteiger partial charge in [-0.3, -0.25) is 4.40 Å². The second kappa shape index (κ2) is 4.72. The van der Waals surface area contributed by atoms with Gasteiger partial charge in [0, 0.05) is 31.5 Å². The molecule has 3 rings (SSSR count). The standard InChI is InChI=1S/C15H15ClN4/c1-19(2)11-7-5-10(6-8-11)13-14(17)20-9-3-4-12(16)15(20)18-13/h3-9H,17H2,1-2H3. The predicted molar refractivity (Wildman–Crippen MR) is 84.4 cm³/mol. The van der Waals surface area contributed by atoms with Gasteiger partial charge < -0.3 is 10.6 Å². The van der Waals surface area contributed by atoms with Crippen molar-refractivity contribution in [2.75, 3.05) is 24.7 Å². The van der Waals surface area contributed by atoms with Crippen LogP contribution < -0.4 is 10.6 Å². The average Bonchev–Trinajstić information content (AvgIpc) is 2.78. The number of benzene rings is 1. The van der Waals surface area contributed by atoms with Crippen molar-refractivity contribution < 1.29 is 0 Å². The van der Waals surface area contributed by atoms with Crippen LogP contribution in [0.15, 0.2) is 42.6 Å². The highest BCUT2D eigenvalue weighted by Gasteiger charge is 2.13. The molecule has 0 spiro atoms. The zero-order chi connectivity index (χ0) is 14.3. The third kappa shape index (κ3) is 1.98. The van der Waals surface area contributed by atoms with Crippen molar-refractivity contribution in [3.63, 3.8) is 0 Å². The molecule has 0 saturated carbocycles. The molecular weight excluding hydrogens is 272 g/mol. The molecule has 2 heterocycles. The van der Waals surface area contributed by atoms with Crippen LogP contribution in [0, 0.1) is 0 Å². The zero-order valence-corrected chi connectivity index (χ0v) is 12.1. The second-order valence-electron chi connectivity index (χ2n) is 4.84. The first-order chi connectivity index (χ1) is 9.58. The van der Waals surface area contributed by atoms with Crippen molar-refractivity contribution in [1.29, 1.82) is 0 Å². The number of nitrogen functional groups attached to an aromatic ring is 1. The van der Waals surface area contributed by atoms with Gasteiger partial charge in [0.05, 0.1) is 5.02 Å². The third-order valence-corrected chi connectivity index (χ3v) is 3.59. The number of aromatic nitrogens is 2. The van der Waals surface area contributed by atoms with E-state index in [4.69, 9.17) is 17.3 Å². The number of rotatable bonds is 2. The molecule has 0 aliphatic heterocycles. The van der Waals surface area contributed by atoms with Crippen molar-refractivity contribution in [3.8, 4) is 11.3 Å². The Kier molecular flexibility index (Phi) is 3.03. The summed E-state index contributed by atoms with van der Waals surface area (Å²) in [6.07, 6.45) is 1.86. The van der Waals surface area contributed by atoms with E-state index in [0.717, 1.165) is 16.9 Å². The summed E-state index contributed by atoms with van der Waals surface area (Å²) in [5.41, 5.74) is 9.71. The van der Waals surface area contributed by atoms with E-state index in [9.17, 15) is 0 Å². The monoisotopic (exact) mass is 286 g/mol. The molecule has 2 N–H and O–H groups in total. The van der Waals surface area contributed by atoms with E-state index in [0.29, 0.717) is 16.5 Å². The summed E-state index contributed by atoms with van der Waals surface area (Å²) in [5, 5.41) is 0.593. The minimum Gasteiger partial charge on any atom is -0.383 e. The van der Waals surface area contributed by atoms with Crippen LogP contribution in [0.3, 0.4) is 0 Å². The van der Waals surface area contributed by atoms with Crippen molar-refractivity contribution in [2.45, 2.75) is 0 Å². The molecule has 0 radical (unpaired) electrons. The molecular formula is C15H15ClN4. The average molecular weight is 287 g/mol. The Bertz CT molecular complexity index is 759. The van der Waals surface area contributed by atoms with Crippen LogP contribution >= 0.6 is 11.6 Å². The normalized spacial score (nSPS) is 10.9. The fraction of sp³-hybridized carbons (Fsp3) is 0.133. The first kappa shape index (κ1) is 12.8. The molecule has 0 aliphatic carbocycles. The van der Waals surface area contributed by atoms with Crippen LogP contribution in [-0.4, -0.2) is 23.5 Å². The lowest BCUT2D eigenvalue weighted by atomic mass is 10.1. The highest BCUT2D eigenvalue weighted by Crippen LogP contribution is 2.30. The van der Waals surface area contributed by atoms with E-state index >= 15 is 0 Å². The Hall–Kier alpha value is -2.20. The fourth-order valence-electron chi connectivity index (χ4n) is 2.18. The molecule has 0 bridgehead atoms. The maximum absolute atomic E-state index is 6.17. The molecule has 4 nitrogen and oxygen atoms in total. The van der Waals surface area contributed by atoms with E-state index in [1.807, 2.05) is 61.6 Å². The van der Waals surface area contributed by atoms with E-state index in [-0.39, 0.29) is 0 Å². The maximum atomic E-state index is 6.17. The summed E-state index contributed by atoms with van der Waals surface area (Å²) >= 11 is 6.15. The molecule has 20 heavy (non-hydrogen) atoms. The molecule has 102 valence electrons. The van der Waals surface area contributed by atoms with Crippen LogP contribution in [0.5, 0.6) is 0 Å². The minimum absolute atomic E-state index is 0.593. The molecule has 0 unspecified atom stereocenters. The number of imidazole rings is 1. The number of anilines is 2. The van der Waals surface area contributed by atoms with Crippen LogP contribution in [0.1, 0.15) is 0 Å². The van der Waals surface area contributed by atoms with Gasteiger partial charge in [-0.2, -0.15) is 0 Å². The first-order valence-electron chi connectivity index (χ1n) is 6.28. The van der Waals surface area contributed by atoms with Crippen molar-refractivity contribution in [3.05, 3.63) is 47.6 Å². The van der Waals surface area contributed by atoms with Crippen LogP contribution in [0.2, 0.25) is 5.02 Å². The molecule has 0 amide bonds. The lowest BCUT2D eigenvalue weighted by Gasteiger charge is -2.12. The Morgan fingerprint density at radius 1 is 1.15 bits per heavy atom. The van der Waals surface area contributed by atoms with Gasteiger partial charge in [0.2, 0.25) is 0 Å². The van der Waals surface area contributed by atoms with E-state index < -0.39 is 0 Å². The summed E-state index contributed by atoms with van der Waals surface area (Å²) < 4.78 is 1.80. The minimum atomic E-state index is 0.593. The molecule has 5 heteroatoms. The number of fused-ring (bicyclic) bond motifs is 1. The Labute approximate surface area is 122 Å². The lowest BCUT2D eigenvalue weighted by Crippen LogP contribution is -2.07. The number of hydrogen-bond donors (Lipinski definition) is 1. The summed E-state index contributed by atoms with van der Waals surface area (Å²) in [5.74, 6) is 0.597. The van der Waals surface area contributed by atoms with Gasteiger partial charge in [-0.15, -0.1) is 0 Å². The molecule has 3 aromatic rings. The largest absolute Gasteiger partial charge is 0.383 e. The summed E-state index contributed by atoms with van der Waals surface area (Å²) in [7, 11) is 4.02. The first-order valence-corrected chi connectivity index (χ1v) is 6.65. The molecule has 0 fully saturated rings. The highest BCUT2D eigenvalue weighted by atomic mass is 35.5. The number of hydrogen-bond acceptors (Lipinski definition) is 3. The second-order valence-corrected chi connectivity index (χ2v) is 5.24. The fourth-order valence-corrected chi connectivity index (χ4v) is 2.39. The molecule has 0 saturated heterocycles. The third-order valence-electron chi connectivity index (χ3n) is 3.30. The van der Waals surface area contributed by atoms with E-state index in [1.54, 1.807) is 4.40 Å². The molecule has 1 aromatic carbocycles. The number of halogens is 1. The lowest BCUT2D eigenvalue weighted by molar-refractivity contribution is 1.13. The van der Waals surface area contributed by atoms with E-state index in [2.05, 4.69) is 4.98 Å². The van der Waals surface area contributed by atoms with Crippen LogP contribution in [0.4, 0.5) is 11.5 Å². The van der Waals surface area contributed by atoms with Gasteiger partial charge >= 0.3 is 0 Å². The van der Waals surface area contributed by atoms with Crippen LogP contribution in [-0.2, 0) is 0 Å². The van der Waals surface area contributed by atoms with Gasteiger partial charge in [-0.25, -0.2) is 4.98 Å². The number of nitrogens with zero attached hydrogens (tertiary/aromatic N) is 3. The Balaban J connectivity index is 2.14. The highest BCUT2D eigenvalue weighted by molar-refractivity contribution is 6.33. The quantitative estimate of drug-likeness (QED) is 0.786. The van der Waals surface area contributed by atoms with Crippen LogP contribution in [0.25, 0.3) is 16.9 Å². The Morgan fingerprint density at radius 2 is 1.85 bits per heavy atom. The predicted octanol–water partition coefficient (Wildman–Crippen LogP) is 3.30. The van der Waals surface area contributed by atoms with E-state index in [1.165, 1.54) is 0 Å². The topological polar surface area (TPSA) is 46.6 Å².